The van der Waals surface area contributed by atoms with Crippen LogP contribution in [-0.2, 0) is 14.1 Å². The minimum absolute atomic E-state index is 0.00751. The van der Waals surface area contributed by atoms with Gasteiger partial charge in [-0.1, -0.05) is 18.2 Å². The highest BCUT2D eigenvalue weighted by molar-refractivity contribution is 5.94. The van der Waals surface area contributed by atoms with Gasteiger partial charge in [0.05, 0.1) is 0 Å². The molecule has 0 unspecified atom stereocenters. The van der Waals surface area contributed by atoms with Crippen LogP contribution >= 0.6 is 0 Å². The second-order valence-electron chi connectivity index (χ2n) is 5.89. The number of benzene rings is 1. The van der Waals surface area contributed by atoms with Gasteiger partial charge < -0.3 is 9.80 Å². The van der Waals surface area contributed by atoms with Crippen LogP contribution in [0.5, 0.6) is 0 Å². The van der Waals surface area contributed by atoms with Gasteiger partial charge in [-0.2, -0.15) is 0 Å². The molecular formula is C17H20N4O3. The van der Waals surface area contributed by atoms with E-state index in [1.54, 1.807) is 24.1 Å². The number of nitrogens with zero attached hydrogens (tertiary/aromatic N) is 4. The highest BCUT2D eigenvalue weighted by atomic mass is 16.2. The summed E-state index contributed by atoms with van der Waals surface area (Å²) in [5.41, 5.74) is 0.00288. The summed E-state index contributed by atoms with van der Waals surface area (Å²) in [6, 6.07) is 10.7. The number of anilines is 1. The molecule has 1 amide bonds. The molecule has 24 heavy (non-hydrogen) atoms. The van der Waals surface area contributed by atoms with Crippen molar-refractivity contribution in [1.29, 1.82) is 0 Å². The summed E-state index contributed by atoms with van der Waals surface area (Å²) < 4.78 is 2.55. The lowest BCUT2D eigenvalue weighted by Crippen LogP contribution is -2.51. The van der Waals surface area contributed by atoms with Gasteiger partial charge in [0, 0.05) is 51.9 Å². The molecule has 0 saturated carbocycles. The fraction of sp³-hybridized carbons (Fsp3) is 0.353. The van der Waals surface area contributed by atoms with Crippen molar-refractivity contribution in [3.8, 4) is 0 Å². The Kier molecular flexibility index (Phi) is 4.24. The Labute approximate surface area is 139 Å². The average Bonchev–Trinajstić information content (AvgIpc) is 2.63. The zero-order valence-corrected chi connectivity index (χ0v) is 13.8. The van der Waals surface area contributed by atoms with Crippen molar-refractivity contribution in [1.82, 2.24) is 14.0 Å². The van der Waals surface area contributed by atoms with Gasteiger partial charge in [-0.05, 0) is 12.1 Å². The van der Waals surface area contributed by atoms with Crippen LogP contribution < -0.4 is 16.1 Å². The molecule has 1 aliphatic heterocycles. The Hall–Kier alpha value is -2.83. The predicted molar refractivity (Wildman–Crippen MR) is 91.5 cm³/mol. The molecule has 1 aromatic carbocycles. The molecule has 2 heterocycles. The van der Waals surface area contributed by atoms with Crippen molar-refractivity contribution in [2.45, 2.75) is 0 Å². The van der Waals surface area contributed by atoms with E-state index >= 15 is 0 Å². The Bertz CT molecular complexity index is 862. The Balaban J connectivity index is 1.75. The first-order chi connectivity index (χ1) is 11.5. The fourth-order valence-corrected chi connectivity index (χ4v) is 2.93. The van der Waals surface area contributed by atoms with Crippen LogP contribution in [0.25, 0.3) is 0 Å². The van der Waals surface area contributed by atoms with Crippen LogP contribution in [0.1, 0.15) is 10.4 Å². The van der Waals surface area contributed by atoms with Gasteiger partial charge >= 0.3 is 5.69 Å². The molecule has 1 saturated heterocycles. The van der Waals surface area contributed by atoms with E-state index in [2.05, 4.69) is 0 Å². The number of hydrogen-bond donors (Lipinski definition) is 0. The molecule has 1 fully saturated rings. The van der Waals surface area contributed by atoms with Crippen LogP contribution in [0.3, 0.4) is 0 Å². The van der Waals surface area contributed by atoms with E-state index in [9.17, 15) is 14.4 Å². The zero-order valence-electron chi connectivity index (χ0n) is 13.8. The first kappa shape index (κ1) is 16.0. The number of rotatable bonds is 2. The lowest BCUT2D eigenvalue weighted by Gasteiger charge is -2.36. The minimum atomic E-state index is -0.347. The summed E-state index contributed by atoms with van der Waals surface area (Å²) >= 11 is 0. The number of carbonyl (C=O) groups is 1. The van der Waals surface area contributed by atoms with Gasteiger partial charge in [-0.25, -0.2) is 4.79 Å². The second kappa shape index (κ2) is 6.35. The van der Waals surface area contributed by atoms with E-state index in [0.717, 1.165) is 4.57 Å². The van der Waals surface area contributed by atoms with Crippen LogP contribution in [0.15, 0.2) is 46.0 Å². The number of piperazine rings is 1. The van der Waals surface area contributed by atoms with E-state index in [0.29, 0.717) is 37.6 Å². The van der Waals surface area contributed by atoms with Crippen molar-refractivity contribution in [2.24, 2.45) is 14.1 Å². The molecular weight excluding hydrogens is 308 g/mol. The Morgan fingerprint density at radius 2 is 1.54 bits per heavy atom. The predicted octanol–water partition coefficient (Wildman–Crippen LogP) is 0.0464. The van der Waals surface area contributed by atoms with Gasteiger partial charge in [0.15, 0.2) is 0 Å². The molecule has 0 N–H and O–H groups in total. The number of carbonyl (C=O) groups excluding carboxylic acids is 1. The summed E-state index contributed by atoms with van der Waals surface area (Å²) in [5.74, 6) is 0.600. The molecule has 0 bridgehead atoms. The highest BCUT2D eigenvalue weighted by Crippen LogP contribution is 2.14. The standard InChI is InChI=1S/C17H20N4O3/c1-18-14(12-15(22)19(2)17(18)24)20-8-10-21(11-9-20)16(23)13-6-4-3-5-7-13/h3-7,12H,8-11H2,1-2H3. The molecule has 126 valence electrons. The quantitative estimate of drug-likeness (QED) is 0.781. The molecule has 1 aliphatic rings. The third-order valence-electron chi connectivity index (χ3n) is 4.41. The first-order valence-corrected chi connectivity index (χ1v) is 7.85. The maximum atomic E-state index is 12.5. The SMILES string of the molecule is Cn1c(N2CCN(C(=O)c3ccccc3)CC2)cc(=O)n(C)c1=O. The summed E-state index contributed by atoms with van der Waals surface area (Å²) in [6.45, 7) is 2.27. The summed E-state index contributed by atoms with van der Waals surface area (Å²) in [6.07, 6.45) is 0. The topological polar surface area (TPSA) is 67.5 Å². The fourth-order valence-electron chi connectivity index (χ4n) is 2.93. The molecule has 0 atom stereocenters. The highest BCUT2D eigenvalue weighted by Gasteiger charge is 2.23. The molecule has 3 rings (SSSR count). The van der Waals surface area contributed by atoms with E-state index < -0.39 is 0 Å². The lowest BCUT2D eigenvalue weighted by molar-refractivity contribution is 0.0746. The third kappa shape index (κ3) is 2.84. The van der Waals surface area contributed by atoms with Crippen LogP contribution in [0.2, 0.25) is 0 Å². The third-order valence-corrected chi connectivity index (χ3v) is 4.41. The molecule has 0 radical (unpaired) electrons. The summed E-state index contributed by atoms with van der Waals surface area (Å²) in [4.78, 5) is 40.1. The normalized spacial score (nSPS) is 14.8. The van der Waals surface area contributed by atoms with E-state index in [-0.39, 0.29) is 17.2 Å². The van der Waals surface area contributed by atoms with Crippen molar-refractivity contribution in [3.63, 3.8) is 0 Å². The Morgan fingerprint density at radius 3 is 2.17 bits per heavy atom. The van der Waals surface area contributed by atoms with Crippen molar-refractivity contribution >= 4 is 11.7 Å². The van der Waals surface area contributed by atoms with Crippen LogP contribution in [0, 0.1) is 0 Å². The van der Waals surface area contributed by atoms with E-state index in [1.807, 2.05) is 23.1 Å². The number of aromatic nitrogens is 2. The maximum Gasteiger partial charge on any atom is 0.332 e. The minimum Gasteiger partial charge on any atom is -0.354 e. The zero-order chi connectivity index (χ0) is 17.3. The average molecular weight is 328 g/mol. The van der Waals surface area contributed by atoms with Gasteiger partial charge in [0.2, 0.25) is 0 Å². The van der Waals surface area contributed by atoms with Gasteiger partial charge in [-0.3, -0.25) is 18.7 Å². The van der Waals surface area contributed by atoms with E-state index in [1.165, 1.54) is 17.7 Å². The van der Waals surface area contributed by atoms with Crippen molar-refractivity contribution < 1.29 is 4.79 Å². The van der Waals surface area contributed by atoms with Crippen LogP contribution in [-0.4, -0.2) is 46.1 Å². The molecule has 0 spiro atoms. The Morgan fingerprint density at radius 1 is 0.917 bits per heavy atom. The smallest absolute Gasteiger partial charge is 0.332 e. The molecule has 7 nitrogen and oxygen atoms in total. The number of amides is 1. The molecule has 1 aromatic heterocycles. The molecule has 0 aliphatic carbocycles. The molecule has 2 aromatic rings. The van der Waals surface area contributed by atoms with Crippen LogP contribution in [0.4, 0.5) is 5.82 Å². The lowest BCUT2D eigenvalue weighted by atomic mass is 10.2. The maximum absolute atomic E-state index is 12.5. The van der Waals surface area contributed by atoms with Gasteiger partial charge in [0.1, 0.15) is 5.82 Å². The largest absolute Gasteiger partial charge is 0.354 e. The van der Waals surface area contributed by atoms with Gasteiger partial charge in [-0.15, -0.1) is 0 Å². The van der Waals surface area contributed by atoms with Crippen molar-refractivity contribution in [3.05, 3.63) is 62.8 Å². The van der Waals surface area contributed by atoms with Crippen molar-refractivity contribution in [2.75, 3.05) is 31.1 Å². The summed E-state index contributed by atoms with van der Waals surface area (Å²) in [5, 5.41) is 0. The van der Waals surface area contributed by atoms with Gasteiger partial charge in [0.25, 0.3) is 11.5 Å². The second-order valence-corrected chi connectivity index (χ2v) is 5.89. The summed E-state index contributed by atoms with van der Waals surface area (Å²) in [7, 11) is 3.11. The van der Waals surface area contributed by atoms with E-state index in [4.69, 9.17) is 0 Å². The number of hydrogen-bond acceptors (Lipinski definition) is 4. The monoisotopic (exact) mass is 328 g/mol. The first-order valence-electron chi connectivity index (χ1n) is 7.85. The molecule has 7 heteroatoms.